The molecular formula is C22H29BrO2. The zero-order valence-electron chi connectivity index (χ0n) is 15.1. The van der Waals surface area contributed by atoms with Crippen LogP contribution in [0, 0.1) is 40.9 Å². The van der Waals surface area contributed by atoms with Gasteiger partial charge < -0.3 is 5.11 Å². The predicted octanol–water partition coefficient (Wildman–Crippen LogP) is 5.01. The van der Waals surface area contributed by atoms with E-state index < -0.39 is 5.60 Å². The molecule has 0 unspecified atom stereocenters. The minimum Gasteiger partial charge on any atom is -0.385 e. The Hall–Kier alpha value is -0.410. The Morgan fingerprint density at radius 3 is 2.84 bits per heavy atom. The summed E-state index contributed by atoms with van der Waals surface area (Å²) in [5.41, 5.74) is 0.935. The zero-order valence-corrected chi connectivity index (χ0v) is 16.7. The number of rotatable bonds is 2. The molecule has 0 bridgehead atoms. The fourth-order valence-electron chi connectivity index (χ4n) is 8.09. The second-order valence-corrected chi connectivity index (χ2v) is 9.92. The third kappa shape index (κ3) is 2.03. The first kappa shape index (κ1) is 16.7. The summed E-state index contributed by atoms with van der Waals surface area (Å²) >= 11 is 3.45. The maximum absolute atomic E-state index is 11.9. The molecule has 0 heterocycles. The van der Waals surface area contributed by atoms with Gasteiger partial charge in [0.25, 0.3) is 0 Å². The van der Waals surface area contributed by atoms with Gasteiger partial charge in [-0.2, -0.15) is 0 Å². The third-order valence-corrected chi connectivity index (χ3v) is 9.26. The second kappa shape index (κ2) is 5.55. The largest absolute Gasteiger partial charge is 0.385 e. The van der Waals surface area contributed by atoms with E-state index in [1.807, 2.05) is 11.1 Å². The van der Waals surface area contributed by atoms with Crippen LogP contribution < -0.4 is 0 Å². The van der Waals surface area contributed by atoms with Crippen LogP contribution in [0.1, 0.15) is 58.3 Å². The van der Waals surface area contributed by atoms with Gasteiger partial charge >= 0.3 is 0 Å². The van der Waals surface area contributed by atoms with E-state index >= 15 is 0 Å². The molecule has 5 aliphatic rings. The van der Waals surface area contributed by atoms with Crippen LogP contribution in [-0.2, 0) is 4.79 Å². The van der Waals surface area contributed by atoms with Crippen LogP contribution in [0.4, 0.5) is 0 Å². The Kier molecular flexibility index (Phi) is 3.71. The molecule has 0 spiro atoms. The van der Waals surface area contributed by atoms with Crippen LogP contribution >= 0.6 is 15.9 Å². The summed E-state index contributed by atoms with van der Waals surface area (Å²) in [4.78, 5) is 13.8. The number of hydrogen-bond donors (Lipinski definition) is 1. The van der Waals surface area contributed by atoms with Crippen molar-refractivity contribution < 1.29 is 9.90 Å². The highest BCUT2D eigenvalue weighted by atomic mass is 79.9. The van der Waals surface area contributed by atoms with Gasteiger partial charge in [0.05, 0.1) is 5.60 Å². The van der Waals surface area contributed by atoms with Crippen LogP contribution in [0.2, 0.25) is 0 Å². The van der Waals surface area contributed by atoms with Gasteiger partial charge in [0.1, 0.15) is 0 Å². The lowest BCUT2D eigenvalue weighted by Crippen LogP contribution is -2.55. The van der Waals surface area contributed by atoms with E-state index in [4.69, 9.17) is 0 Å². The smallest absolute Gasteiger partial charge is 0.155 e. The molecule has 25 heavy (non-hydrogen) atoms. The van der Waals surface area contributed by atoms with Gasteiger partial charge in [-0.15, -0.1) is 0 Å². The molecule has 0 aromatic heterocycles. The van der Waals surface area contributed by atoms with E-state index in [0.717, 1.165) is 49.9 Å². The molecule has 5 rings (SSSR count). The van der Waals surface area contributed by atoms with E-state index in [2.05, 4.69) is 28.9 Å². The molecule has 8 atom stereocenters. The lowest BCUT2D eigenvalue weighted by molar-refractivity contribution is -0.127. The van der Waals surface area contributed by atoms with Crippen molar-refractivity contribution in [1.82, 2.24) is 0 Å². The molecule has 0 saturated heterocycles. The molecule has 4 fully saturated rings. The van der Waals surface area contributed by atoms with Gasteiger partial charge in [0.2, 0.25) is 0 Å². The van der Waals surface area contributed by atoms with Gasteiger partial charge in [0, 0.05) is 11.8 Å². The molecule has 136 valence electrons. The molecule has 2 nitrogen and oxygen atoms in total. The van der Waals surface area contributed by atoms with Crippen molar-refractivity contribution in [2.24, 2.45) is 40.9 Å². The lowest BCUT2D eigenvalue weighted by Gasteiger charge is -2.58. The monoisotopic (exact) mass is 404 g/mol. The van der Waals surface area contributed by atoms with E-state index in [1.165, 1.54) is 24.8 Å². The highest BCUT2D eigenvalue weighted by molar-refractivity contribution is 9.11. The van der Waals surface area contributed by atoms with Gasteiger partial charge in [-0.05, 0) is 97.6 Å². The molecule has 4 saturated carbocycles. The highest BCUT2D eigenvalue weighted by Gasteiger charge is 2.75. The number of halogens is 1. The first-order chi connectivity index (χ1) is 12.1. The van der Waals surface area contributed by atoms with Crippen molar-refractivity contribution >= 4 is 21.7 Å². The van der Waals surface area contributed by atoms with Gasteiger partial charge in [-0.1, -0.05) is 28.4 Å². The molecule has 0 aromatic carbocycles. The molecule has 1 N–H and O–H groups in total. The summed E-state index contributed by atoms with van der Waals surface area (Å²) in [5.74, 6) is 4.43. The Morgan fingerprint density at radius 2 is 2.08 bits per heavy atom. The Balaban J connectivity index is 1.52. The van der Waals surface area contributed by atoms with Crippen molar-refractivity contribution in [3.8, 4) is 0 Å². The third-order valence-electron chi connectivity index (χ3n) is 8.99. The van der Waals surface area contributed by atoms with Gasteiger partial charge in [-0.25, -0.2) is 0 Å². The molecule has 5 aliphatic carbocycles. The maximum atomic E-state index is 11.9. The normalized spacial score (nSPS) is 53.7. The van der Waals surface area contributed by atoms with Crippen molar-refractivity contribution in [2.75, 3.05) is 0 Å². The quantitative estimate of drug-likeness (QED) is 0.701. The van der Waals surface area contributed by atoms with Gasteiger partial charge in [0.15, 0.2) is 5.78 Å². The minimum absolute atomic E-state index is 0.0811. The summed E-state index contributed by atoms with van der Waals surface area (Å²) in [5, 5.41) is 11.7. The number of allylic oxidation sites excluding steroid dienone is 1. The number of carbonyl (C=O) groups excluding carboxylic acids is 1. The van der Waals surface area contributed by atoms with Gasteiger partial charge in [-0.3, -0.25) is 4.79 Å². The first-order valence-electron chi connectivity index (χ1n) is 10.3. The molecular weight excluding hydrogens is 376 g/mol. The number of carbonyl (C=O) groups is 1. The van der Waals surface area contributed by atoms with E-state index in [1.54, 1.807) is 0 Å². The van der Waals surface area contributed by atoms with Crippen LogP contribution in [0.15, 0.2) is 22.7 Å². The van der Waals surface area contributed by atoms with E-state index in [-0.39, 0.29) is 5.41 Å². The molecule has 3 heteroatoms. The summed E-state index contributed by atoms with van der Waals surface area (Å²) in [7, 11) is 0. The van der Waals surface area contributed by atoms with Crippen molar-refractivity contribution in [2.45, 2.75) is 63.9 Å². The number of aliphatic hydroxyl groups is 1. The molecule has 0 amide bonds. The second-order valence-electron chi connectivity index (χ2n) is 9.40. The summed E-state index contributed by atoms with van der Waals surface area (Å²) in [6.45, 7) is 2.30. The van der Waals surface area contributed by atoms with E-state index in [0.29, 0.717) is 23.5 Å². The minimum atomic E-state index is -0.607. The molecule has 0 aliphatic heterocycles. The van der Waals surface area contributed by atoms with Crippen LogP contribution in [-0.4, -0.2) is 16.5 Å². The van der Waals surface area contributed by atoms with Crippen molar-refractivity contribution in [3.63, 3.8) is 0 Å². The molecule has 0 radical (unpaired) electrons. The number of ketones is 1. The van der Waals surface area contributed by atoms with E-state index in [9.17, 15) is 9.90 Å². The Labute approximate surface area is 159 Å². The molecule has 0 aromatic rings. The fourth-order valence-corrected chi connectivity index (χ4v) is 8.49. The van der Waals surface area contributed by atoms with Crippen LogP contribution in [0.5, 0.6) is 0 Å². The fraction of sp³-hybridized carbons (Fsp3) is 0.773. The summed E-state index contributed by atoms with van der Waals surface area (Å²) in [6, 6.07) is 0. The number of fused-ring (bicyclic) bond motifs is 7. The standard InChI is InChI=1S/C22H29BrO2/c1-2-21-8-7-16-15-6-4-14(24)11-13(15)3-5-17(16)20(21)18-12-19(18)22(21,25)9-10-23/h9-11,15-20,25H,2-8,12H2,1H3/b10-9+/t15-,16+,17+,18+,19-,20+,21-,22-/m0/s1. The van der Waals surface area contributed by atoms with Crippen molar-refractivity contribution in [3.05, 3.63) is 22.7 Å². The average molecular weight is 405 g/mol. The zero-order chi connectivity index (χ0) is 17.4. The van der Waals surface area contributed by atoms with Crippen molar-refractivity contribution in [1.29, 1.82) is 0 Å². The summed E-state index contributed by atoms with van der Waals surface area (Å²) < 4.78 is 0. The van der Waals surface area contributed by atoms with Crippen LogP contribution in [0.25, 0.3) is 0 Å². The highest BCUT2D eigenvalue weighted by Crippen LogP contribution is 2.77. The topological polar surface area (TPSA) is 37.3 Å². The van der Waals surface area contributed by atoms with Crippen LogP contribution in [0.3, 0.4) is 0 Å². The first-order valence-corrected chi connectivity index (χ1v) is 11.2. The SMILES string of the molecule is CC[C@]12CC[C@H]3[C@@H](CCC4=CC(=O)CC[C@@H]43)[C@@H]1[C@@H]1C[C@@H]1[C@@]2(O)/C=C/Br. The lowest BCUT2D eigenvalue weighted by atomic mass is 9.48. The Morgan fingerprint density at radius 1 is 1.24 bits per heavy atom. The predicted molar refractivity (Wildman–Crippen MR) is 102 cm³/mol. The number of hydrogen-bond acceptors (Lipinski definition) is 2. The maximum Gasteiger partial charge on any atom is 0.155 e. The summed E-state index contributed by atoms with van der Waals surface area (Å²) in [6.07, 6.45) is 13.0. The average Bonchev–Trinajstić information content (AvgIpc) is 3.37. The Bertz CT molecular complexity index is 667.